The van der Waals surface area contributed by atoms with Crippen LogP contribution >= 0.6 is 0 Å². The van der Waals surface area contributed by atoms with Crippen molar-refractivity contribution < 1.29 is 19.1 Å². The fourth-order valence-corrected chi connectivity index (χ4v) is 2.83. The highest BCUT2D eigenvalue weighted by Crippen LogP contribution is 2.47. The van der Waals surface area contributed by atoms with Crippen molar-refractivity contribution in [3.63, 3.8) is 0 Å². The van der Waals surface area contributed by atoms with E-state index in [1.807, 2.05) is 36.4 Å². The topological polar surface area (TPSA) is 64.6 Å². The third kappa shape index (κ3) is 4.63. The number of benzene rings is 2. The molecular formula is C21H23NO4. The van der Waals surface area contributed by atoms with E-state index >= 15 is 0 Å². The lowest BCUT2D eigenvalue weighted by molar-refractivity contribution is -0.154. The average Bonchev–Trinajstić information content (AvgIpc) is 3.47. The van der Waals surface area contributed by atoms with Gasteiger partial charge >= 0.3 is 5.97 Å². The van der Waals surface area contributed by atoms with Gasteiger partial charge in [-0.1, -0.05) is 48.5 Å². The van der Waals surface area contributed by atoms with Crippen LogP contribution in [0.2, 0.25) is 0 Å². The van der Waals surface area contributed by atoms with Gasteiger partial charge in [-0.2, -0.15) is 0 Å². The molecule has 1 saturated carbocycles. The molecule has 0 saturated heterocycles. The highest BCUT2D eigenvalue weighted by atomic mass is 16.6. The maximum absolute atomic E-state index is 12.0. The van der Waals surface area contributed by atoms with Crippen molar-refractivity contribution in [2.24, 2.45) is 0 Å². The summed E-state index contributed by atoms with van der Waals surface area (Å²) in [7, 11) is 0. The quantitative estimate of drug-likeness (QED) is 0.741. The fraction of sp³-hybridized carbons (Fsp3) is 0.333. The van der Waals surface area contributed by atoms with E-state index in [9.17, 15) is 9.59 Å². The Labute approximate surface area is 153 Å². The Morgan fingerprint density at radius 1 is 1.04 bits per heavy atom. The second-order valence-electron chi connectivity index (χ2n) is 6.60. The Balaban J connectivity index is 1.41. The van der Waals surface area contributed by atoms with E-state index in [1.54, 1.807) is 19.1 Å². The van der Waals surface area contributed by atoms with E-state index in [0.29, 0.717) is 12.3 Å². The Morgan fingerprint density at radius 3 is 2.27 bits per heavy atom. The smallest absolute Gasteiger partial charge is 0.347 e. The van der Waals surface area contributed by atoms with E-state index in [1.165, 1.54) is 5.56 Å². The summed E-state index contributed by atoms with van der Waals surface area (Å²) < 4.78 is 10.5. The van der Waals surface area contributed by atoms with Crippen LogP contribution in [0, 0.1) is 0 Å². The fourth-order valence-electron chi connectivity index (χ4n) is 2.83. The molecule has 1 fully saturated rings. The molecule has 0 spiro atoms. The summed E-state index contributed by atoms with van der Waals surface area (Å²) in [5.41, 5.74) is 1.27. The van der Waals surface area contributed by atoms with Crippen LogP contribution in [-0.2, 0) is 19.7 Å². The molecule has 3 rings (SSSR count). The first kappa shape index (κ1) is 18.0. The molecule has 0 aliphatic heterocycles. The Kier molecular flexibility index (Phi) is 5.56. The summed E-state index contributed by atoms with van der Waals surface area (Å²) in [6.07, 6.45) is 1.34. The number of amides is 1. The zero-order chi connectivity index (χ0) is 18.4. The predicted octanol–water partition coefficient (Wildman–Crippen LogP) is 2.85. The van der Waals surface area contributed by atoms with Gasteiger partial charge in [0.1, 0.15) is 5.75 Å². The molecule has 1 aliphatic rings. The van der Waals surface area contributed by atoms with Crippen LogP contribution in [0.4, 0.5) is 0 Å². The number of ether oxygens (including phenoxy) is 2. The molecule has 1 atom stereocenters. The standard InChI is InChI=1S/C21H23NO4/c1-16(26-18-10-6-3-7-11-18)20(24)25-14-19(23)22-15-21(12-13-21)17-8-4-2-5-9-17/h2-11,16H,12-15H2,1H3,(H,22,23). The Morgan fingerprint density at radius 2 is 1.65 bits per heavy atom. The van der Waals surface area contributed by atoms with Crippen LogP contribution in [0.1, 0.15) is 25.3 Å². The third-order valence-corrected chi connectivity index (χ3v) is 4.60. The molecule has 1 unspecified atom stereocenters. The summed E-state index contributed by atoms with van der Waals surface area (Å²) in [6.45, 7) is 1.86. The van der Waals surface area contributed by atoms with Gasteiger partial charge in [0.25, 0.3) is 5.91 Å². The second kappa shape index (κ2) is 8.04. The van der Waals surface area contributed by atoms with Gasteiger partial charge in [-0.05, 0) is 37.5 Å². The summed E-state index contributed by atoms with van der Waals surface area (Å²) in [6, 6.07) is 19.2. The maximum Gasteiger partial charge on any atom is 0.347 e. The number of hydrogen-bond donors (Lipinski definition) is 1. The number of carbonyl (C=O) groups excluding carboxylic acids is 2. The molecule has 2 aromatic carbocycles. The molecule has 0 aromatic heterocycles. The predicted molar refractivity (Wildman–Crippen MR) is 97.9 cm³/mol. The number of hydrogen-bond acceptors (Lipinski definition) is 4. The highest BCUT2D eigenvalue weighted by Gasteiger charge is 2.44. The van der Waals surface area contributed by atoms with Gasteiger partial charge in [0.15, 0.2) is 12.7 Å². The molecule has 5 heteroatoms. The lowest BCUT2D eigenvalue weighted by Gasteiger charge is -2.17. The second-order valence-corrected chi connectivity index (χ2v) is 6.60. The van der Waals surface area contributed by atoms with Gasteiger partial charge in [-0.15, -0.1) is 0 Å². The molecular weight excluding hydrogens is 330 g/mol. The highest BCUT2D eigenvalue weighted by molar-refractivity contribution is 5.82. The summed E-state index contributed by atoms with van der Waals surface area (Å²) >= 11 is 0. The first-order valence-corrected chi connectivity index (χ1v) is 8.80. The van der Waals surface area contributed by atoms with Crippen molar-refractivity contribution >= 4 is 11.9 Å². The lowest BCUT2D eigenvalue weighted by Crippen LogP contribution is -2.36. The van der Waals surface area contributed by atoms with Crippen LogP contribution in [0.25, 0.3) is 0 Å². The molecule has 26 heavy (non-hydrogen) atoms. The van der Waals surface area contributed by atoms with Gasteiger partial charge < -0.3 is 14.8 Å². The molecule has 0 heterocycles. The van der Waals surface area contributed by atoms with E-state index < -0.39 is 12.1 Å². The van der Waals surface area contributed by atoms with Gasteiger partial charge in [0.05, 0.1) is 0 Å². The normalized spacial score (nSPS) is 15.6. The zero-order valence-electron chi connectivity index (χ0n) is 14.8. The monoisotopic (exact) mass is 353 g/mol. The van der Waals surface area contributed by atoms with E-state index in [2.05, 4.69) is 17.4 Å². The number of esters is 1. The minimum atomic E-state index is -0.774. The average molecular weight is 353 g/mol. The molecule has 2 aromatic rings. The van der Waals surface area contributed by atoms with Gasteiger partial charge in [-0.3, -0.25) is 4.79 Å². The number of nitrogens with one attached hydrogen (secondary N) is 1. The van der Waals surface area contributed by atoms with E-state index in [4.69, 9.17) is 9.47 Å². The van der Waals surface area contributed by atoms with Gasteiger partial charge in [0, 0.05) is 12.0 Å². The van der Waals surface area contributed by atoms with Crippen LogP contribution in [-0.4, -0.2) is 31.1 Å². The van der Waals surface area contributed by atoms with Gasteiger partial charge in [0.2, 0.25) is 0 Å². The molecule has 5 nitrogen and oxygen atoms in total. The molecule has 1 N–H and O–H groups in total. The first-order chi connectivity index (χ1) is 12.6. The number of para-hydroxylation sites is 1. The van der Waals surface area contributed by atoms with Crippen LogP contribution in [0.15, 0.2) is 60.7 Å². The van der Waals surface area contributed by atoms with Crippen molar-refractivity contribution in [3.05, 3.63) is 66.2 Å². The van der Waals surface area contributed by atoms with Crippen LogP contribution < -0.4 is 10.1 Å². The van der Waals surface area contributed by atoms with Gasteiger partial charge in [-0.25, -0.2) is 4.79 Å². The number of rotatable bonds is 8. The van der Waals surface area contributed by atoms with Crippen LogP contribution in [0.5, 0.6) is 5.75 Å². The van der Waals surface area contributed by atoms with Crippen molar-refractivity contribution in [1.29, 1.82) is 0 Å². The summed E-state index contributed by atoms with van der Waals surface area (Å²) in [5.74, 6) is -0.277. The van der Waals surface area contributed by atoms with E-state index in [0.717, 1.165) is 12.8 Å². The largest absolute Gasteiger partial charge is 0.479 e. The van der Waals surface area contributed by atoms with Crippen LogP contribution in [0.3, 0.4) is 0 Å². The van der Waals surface area contributed by atoms with Crippen molar-refractivity contribution in [2.45, 2.75) is 31.3 Å². The molecule has 1 amide bonds. The summed E-state index contributed by atoms with van der Waals surface area (Å²) in [5, 5.41) is 2.87. The van der Waals surface area contributed by atoms with Crippen molar-refractivity contribution in [1.82, 2.24) is 5.32 Å². The Hall–Kier alpha value is -2.82. The first-order valence-electron chi connectivity index (χ1n) is 8.80. The number of carbonyl (C=O) groups is 2. The maximum atomic E-state index is 12.0. The molecule has 136 valence electrons. The summed E-state index contributed by atoms with van der Waals surface area (Å²) in [4.78, 5) is 24.0. The van der Waals surface area contributed by atoms with Crippen molar-refractivity contribution in [2.75, 3.05) is 13.2 Å². The van der Waals surface area contributed by atoms with Crippen molar-refractivity contribution in [3.8, 4) is 5.75 Å². The third-order valence-electron chi connectivity index (χ3n) is 4.60. The molecule has 0 bridgehead atoms. The minimum absolute atomic E-state index is 0.0324. The zero-order valence-corrected chi connectivity index (χ0v) is 14.8. The SMILES string of the molecule is CC(Oc1ccccc1)C(=O)OCC(=O)NCC1(c2ccccc2)CC1. The molecule has 1 aliphatic carbocycles. The lowest BCUT2D eigenvalue weighted by atomic mass is 9.96. The van der Waals surface area contributed by atoms with E-state index in [-0.39, 0.29) is 17.9 Å². The Bertz CT molecular complexity index is 741. The minimum Gasteiger partial charge on any atom is -0.479 e. The molecule has 0 radical (unpaired) electrons.